The molecule has 3 nitrogen and oxygen atoms in total. The average molecular weight is 266 g/mol. The van der Waals surface area contributed by atoms with Gasteiger partial charge in [0.25, 0.3) is 0 Å². The molecule has 1 saturated carbocycles. The standard InChI is InChI=1S/C17H14O3/c1-16-9-17(16,15(19)20-10-16)14(18)13-7-6-11-4-2-3-5-12(11)8-13/h2-8H,9-10H2,1H3/t16-,17-/m1/s1. The number of esters is 1. The summed E-state index contributed by atoms with van der Waals surface area (Å²) in [5.41, 5.74) is -0.617. The third kappa shape index (κ3) is 1.25. The highest BCUT2D eigenvalue weighted by molar-refractivity contribution is 6.18. The van der Waals surface area contributed by atoms with E-state index >= 15 is 0 Å². The largest absolute Gasteiger partial charge is 0.464 e. The Balaban J connectivity index is 1.80. The first-order valence-corrected chi connectivity index (χ1v) is 6.78. The van der Waals surface area contributed by atoms with Crippen molar-refractivity contribution in [3.63, 3.8) is 0 Å². The van der Waals surface area contributed by atoms with Crippen LogP contribution in [0.5, 0.6) is 0 Å². The number of ketones is 1. The minimum atomic E-state index is -0.921. The molecule has 2 aromatic carbocycles. The number of Topliss-reactive ketones (excluding diaryl/α,β-unsaturated/α-hetero) is 1. The van der Waals surface area contributed by atoms with Gasteiger partial charge in [-0.1, -0.05) is 43.3 Å². The SMILES string of the molecule is C[C@@]12COC(=O)[C@]1(C(=O)c1ccc3ccccc3c1)C2. The summed E-state index contributed by atoms with van der Waals surface area (Å²) in [5.74, 6) is -0.439. The Hall–Kier alpha value is -2.16. The Morgan fingerprint density at radius 3 is 2.55 bits per heavy atom. The number of benzene rings is 2. The summed E-state index contributed by atoms with van der Waals surface area (Å²) in [6.07, 6.45) is 0.616. The summed E-state index contributed by atoms with van der Waals surface area (Å²) in [7, 11) is 0. The Morgan fingerprint density at radius 2 is 1.90 bits per heavy atom. The number of carbonyl (C=O) groups is 2. The highest BCUT2D eigenvalue weighted by Crippen LogP contribution is 2.69. The van der Waals surface area contributed by atoms with Crippen molar-refractivity contribution in [3.05, 3.63) is 48.0 Å². The average Bonchev–Trinajstić information content (AvgIpc) is 3.03. The number of hydrogen-bond acceptors (Lipinski definition) is 3. The third-order valence-corrected chi connectivity index (χ3v) is 4.83. The van der Waals surface area contributed by atoms with Gasteiger partial charge in [0.1, 0.15) is 5.41 Å². The summed E-state index contributed by atoms with van der Waals surface area (Å²) in [4.78, 5) is 24.7. The molecule has 3 heteroatoms. The van der Waals surface area contributed by atoms with Crippen LogP contribution in [0.4, 0.5) is 0 Å². The molecule has 100 valence electrons. The van der Waals surface area contributed by atoms with E-state index in [1.54, 1.807) is 0 Å². The minimum absolute atomic E-state index is 0.0896. The lowest BCUT2D eigenvalue weighted by molar-refractivity contribution is -0.143. The van der Waals surface area contributed by atoms with Gasteiger partial charge in [0.05, 0.1) is 6.61 Å². The van der Waals surface area contributed by atoms with Gasteiger partial charge in [0, 0.05) is 11.0 Å². The Kier molecular flexibility index (Phi) is 2.03. The lowest BCUT2D eigenvalue weighted by atomic mass is 9.88. The van der Waals surface area contributed by atoms with Crippen molar-refractivity contribution in [1.82, 2.24) is 0 Å². The second kappa shape index (κ2) is 3.48. The molecular weight excluding hydrogens is 252 g/mol. The molecule has 0 unspecified atom stereocenters. The number of ether oxygens (including phenoxy) is 1. The Morgan fingerprint density at radius 1 is 1.15 bits per heavy atom. The van der Waals surface area contributed by atoms with Crippen LogP contribution in [0.15, 0.2) is 42.5 Å². The number of fused-ring (bicyclic) bond motifs is 2. The normalized spacial score (nSPS) is 30.9. The van der Waals surface area contributed by atoms with Gasteiger partial charge in [-0.2, -0.15) is 0 Å². The zero-order valence-corrected chi connectivity index (χ0v) is 11.2. The van der Waals surface area contributed by atoms with Crippen LogP contribution in [-0.4, -0.2) is 18.4 Å². The van der Waals surface area contributed by atoms with Crippen molar-refractivity contribution in [2.75, 3.05) is 6.61 Å². The van der Waals surface area contributed by atoms with Gasteiger partial charge in [-0.15, -0.1) is 0 Å². The van der Waals surface area contributed by atoms with Gasteiger partial charge in [0.2, 0.25) is 0 Å². The summed E-state index contributed by atoms with van der Waals surface area (Å²) >= 11 is 0. The van der Waals surface area contributed by atoms with Gasteiger partial charge in [-0.05, 0) is 23.3 Å². The van der Waals surface area contributed by atoms with Crippen LogP contribution < -0.4 is 0 Å². The van der Waals surface area contributed by atoms with E-state index < -0.39 is 5.41 Å². The number of carbonyl (C=O) groups excluding carboxylic acids is 2. The number of hydrogen-bond donors (Lipinski definition) is 0. The molecule has 1 heterocycles. The molecule has 0 N–H and O–H groups in total. The van der Waals surface area contributed by atoms with Crippen molar-refractivity contribution in [2.24, 2.45) is 10.8 Å². The van der Waals surface area contributed by atoms with Gasteiger partial charge in [-0.3, -0.25) is 9.59 Å². The summed E-state index contributed by atoms with van der Waals surface area (Å²) in [5, 5.41) is 2.11. The highest BCUT2D eigenvalue weighted by atomic mass is 16.5. The quantitative estimate of drug-likeness (QED) is 0.477. The number of rotatable bonds is 2. The number of cyclic esters (lactones) is 1. The molecule has 1 aliphatic carbocycles. The molecule has 20 heavy (non-hydrogen) atoms. The van der Waals surface area contributed by atoms with Crippen LogP contribution in [0.2, 0.25) is 0 Å². The van der Waals surface area contributed by atoms with Crippen LogP contribution in [0.1, 0.15) is 23.7 Å². The molecule has 2 aromatic rings. The molecule has 2 fully saturated rings. The fraction of sp³-hybridized carbons (Fsp3) is 0.294. The van der Waals surface area contributed by atoms with E-state index in [4.69, 9.17) is 4.74 Å². The van der Waals surface area contributed by atoms with Gasteiger partial charge in [0.15, 0.2) is 5.78 Å². The summed E-state index contributed by atoms with van der Waals surface area (Å²) < 4.78 is 5.09. The summed E-state index contributed by atoms with van der Waals surface area (Å²) in [6.45, 7) is 2.32. The van der Waals surface area contributed by atoms with E-state index in [0.29, 0.717) is 18.6 Å². The predicted octanol–water partition coefficient (Wildman–Crippen LogP) is 2.98. The molecule has 0 aromatic heterocycles. The van der Waals surface area contributed by atoms with E-state index in [1.807, 2.05) is 49.4 Å². The van der Waals surface area contributed by atoms with E-state index in [1.165, 1.54) is 0 Å². The maximum Gasteiger partial charge on any atom is 0.320 e. The van der Waals surface area contributed by atoms with E-state index in [0.717, 1.165) is 10.8 Å². The zero-order chi connectivity index (χ0) is 14.0. The fourth-order valence-corrected chi connectivity index (χ4v) is 3.41. The molecular formula is C17H14O3. The lowest BCUT2D eigenvalue weighted by Gasteiger charge is -2.10. The Labute approximate surface area is 116 Å². The highest BCUT2D eigenvalue weighted by Gasteiger charge is 2.78. The molecule has 1 saturated heterocycles. The fourth-order valence-electron chi connectivity index (χ4n) is 3.41. The smallest absolute Gasteiger partial charge is 0.320 e. The van der Waals surface area contributed by atoms with E-state index in [-0.39, 0.29) is 17.2 Å². The topological polar surface area (TPSA) is 43.4 Å². The first-order valence-electron chi connectivity index (χ1n) is 6.78. The molecule has 4 rings (SSSR count). The van der Waals surface area contributed by atoms with Crippen molar-refractivity contribution < 1.29 is 14.3 Å². The third-order valence-electron chi connectivity index (χ3n) is 4.83. The van der Waals surface area contributed by atoms with Crippen molar-refractivity contribution in [3.8, 4) is 0 Å². The van der Waals surface area contributed by atoms with Crippen molar-refractivity contribution in [2.45, 2.75) is 13.3 Å². The first-order chi connectivity index (χ1) is 9.57. The van der Waals surface area contributed by atoms with Crippen LogP contribution in [-0.2, 0) is 9.53 Å². The molecule has 0 bridgehead atoms. The second-order valence-electron chi connectivity index (χ2n) is 6.11. The van der Waals surface area contributed by atoms with Gasteiger partial charge >= 0.3 is 5.97 Å². The molecule has 0 amide bonds. The lowest BCUT2D eigenvalue weighted by Crippen LogP contribution is -2.26. The maximum atomic E-state index is 12.8. The van der Waals surface area contributed by atoms with Crippen LogP contribution in [0, 0.1) is 10.8 Å². The van der Waals surface area contributed by atoms with E-state index in [2.05, 4.69) is 0 Å². The molecule has 2 aliphatic rings. The molecule has 0 spiro atoms. The van der Waals surface area contributed by atoms with Crippen LogP contribution in [0.3, 0.4) is 0 Å². The Bertz CT molecular complexity index is 764. The van der Waals surface area contributed by atoms with Crippen LogP contribution in [0.25, 0.3) is 10.8 Å². The second-order valence-corrected chi connectivity index (χ2v) is 6.11. The zero-order valence-electron chi connectivity index (χ0n) is 11.2. The maximum absolute atomic E-state index is 12.8. The van der Waals surface area contributed by atoms with Crippen molar-refractivity contribution in [1.29, 1.82) is 0 Å². The minimum Gasteiger partial charge on any atom is -0.464 e. The van der Waals surface area contributed by atoms with E-state index in [9.17, 15) is 9.59 Å². The summed E-state index contributed by atoms with van der Waals surface area (Å²) in [6, 6.07) is 13.5. The van der Waals surface area contributed by atoms with Crippen LogP contribution >= 0.6 is 0 Å². The molecule has 1 aliphatic heterocycles. The molecule has 2 atom stereocenters. The molecule has 0 radical (unpaired) electrons. The predicted molar refractivity (Wildman–Crippen MR) is 74.4 cm³/mol. The van der Waals surface area contributed by atoms with Gasteiger partial charge < -0.3 is 4.74 Å². The van der Waals surface area contributed by atoms with Crippen molar-refractivity contribution >= 4 is 22.5 Å². The monoisotopic (exact) mass is 266 g/mol. The van der Waals surface area contributed by atoms with Gasteiger partial charge in [-0.25, -0.2) is 0 Å². The first kappa shape index (κ1) is 11.6.